The molecule has 0 aromatic heterocycles. The van der Waals surface area contributed by atoms with Gasteiger partial charge in [-0.15, -0.1) is 11.8 Å². The third kappa shape index (κ3) is 3.54. The van der Waals surface area contributed by atoms with Crippen molar-refractivity contribution >= 4 is 35.1 Å². The summed E-state index contributed by atoms with van der Waals surface area (Å²) in [6, 6.07) is 17.7. The topological polar surface area (TPSA) is 52.7 Å². The number of anilines is 2. The van der Waals surface area contributed by atoms with E-state index in [1.807, 2.05) is 30.3 Å². The summed E-state index contributed by atoms with van der Waals surface area (Å²) in [7, 11) is 0. The van der Waals surface area contributed by atoms with E-state index in [-0.39, 0.29) is 5.91 Å². The number of fused-ring (bicyclic) bond motifs is 2. The first-order valence-corrected chi connectivity index (χ1v) is 11.5. The first-order chi connectivity index (χ1) is 15.9. The van der Waals surface area contributed by atoms with Gasteiger partial charge in [0.2, 0.25) is 0 Å². The van der Waals surface area contributed by atoms with E-state index in [0.29, 0.717) is 41.3 Å². The van der Waals surface area contributed by atoms with Crippen LogP contribution in [0.3, 0.4) is 0 Å². The normalized spacial score (nSPS) is 19.3. The van der Waals surface area contributed by atoms with Gasteiger partial charge in [-0.25, -0.2) is 13.6 Å². The van der Waals surface area contributed by atoms with E-state index in [4.69, 9.17) is 0 Å². The number of halogens is 2. The van der Waals surface area contributed by atoms with Gasteiger partial charge in [-0.2, -0.15) is 0 Å². The molecule has 3 amide bonds. The zero-order valence-corrected chi connectivity index (χ0v) is 18.7. The Morgan fingerprint density at radius 3 is 2.64 bits per heavy atom. The van der Waals surface area contributed by atoms with Gasteiger partial charge in [0, 0.05) is 23.5 Å². The highest BCUT2D eigenvalue weighted by Crippen LogP contribution is 2.54. The van der Waals surface area contributed by atoms with Crippen molar-refractivity contribution in [2.75, 3.05) is 22.5 Å². The standard InChI is InChI=1S/C25H21F2N3O2S/c1-16-7-9-19(14-21(16)27)28-24(32)30-11-12-33-25(30)20-13-18(26)8-10-22(20)29(23(25)31)15-17-5-3-2-4-6-17/h2-10,13-14H,11-12,15H2,1H3,(H,28,32). The first kappa shape index (κ1) is 21.5. The Kier molecular flexibility index (Phi) is 5.32. The lowest BCUT2D eigenvalue weighted by molar-refractivity contribution is -0.123. The highest BCUT2D eigenvalue weighted by molar-refractivity contribution is 8.01. The highest BCUT2D eigenvalue weighted by Gasteiger charge is 2.59. The lowest BCUT2D eigenvalue weighted by Crippen LogP contribution is -2.51. The molecule has 33 heavy (non-hydrogen) atoms. The molecule has 2 aliphatic heterocycles. The fourth-order valence-corrected chi connectivity index (χ4v) is 5.82. The molecule has 1 spiro atoms. The molecule has 8 heteroatoms. The minimum Gasteiger partial charge on any atom is -0.308 e. The van der Waals surface area contributed by atoms with Gasteiger partial charge in [-0.3, -0.25) is 9.69 Å². The van der Waals surface area contributed by atoms with Crippen molar-refractivity contribution in [3.05, 3.63) is 95.1 Å². The largest absolute Gasteiger partial charge is 0.323 e. The van der Waals surface area contributed by atoms with E-state index >= 15 is 0 Å². The molecule has 5 nitrogen and oxygen atoms in total. The predicted octanol–water partition coefficient (Wildman–Crippen LogP) is 5.25. The van der Waals surface area contributed by atoms with Gasteiger partial charge in [0.1, 0.15) is 11.6 Å². The summed E-state index contributed by atoms with van der Waals surface area (Å²) in [5.74, 6) is -0.691. The second-order valence-corrected chi connectivity index (χ2v) is 9.36. The number of hydrogen-bond acceptors (Lipinski definition) is 3. The third-order valence-corrected chi connectivity index (χ3v) is 7.43. The molecule has 5 rings (SSSR count). The van der Waals surface area contributed by atoms with Crippen LogP contribution in [0, 0.1) is 18.6 Å². The van der Waals surface area contributed by atoms with Crippen LogP contribution in [-0.4, -0.2) is 29.1 Å². The van der Waals surface area contributed by atoms with Crippen LogP contribution in [-0.2, 0) is 16.2 Å². The quantitative estimate of drug-likeness (QED) is 0.575. The Hall–Kier alpha value is -3.39. The lowest BCUT2D eigenvalue weighted by Gasteiger charge is -2.33. The minimum absolute atomic E-state index is 0.292. The van der Waals surface area contributed by atoms with E-state index in [9.17, 15) is 18.4 Å². The average molecular weight is 466 g/mol. The van der Waals surface area contributed by atoms with Gasteiger partial charge >= 0.3 is 6.03 Å². The number of rotatable bonds is 3. The average Bonchev–Trinajstić information content (AvgIpc) is 3.34. The van der Waals surface area contributed by atoms with E-state index in [1.165, 1.54) is 34.9 Å². The molecule has 2 aliphatic rings. The van der Waals surface area contributed by atoms with Crippen LogP contribution in [0.5, 0.6) is 0 Å². The second kappa shape index (κ2) is 8.19. The number of amides is 3. The fourth-order valence-electron chi connectivity index (χ4n) is 4.37. The van der Waals surface area contributed by atoms with Crippen molar-refractivity contribution in [2.45, 2.75) is 18.3 Å². The minimum atomic E-state index is -1.38. The smallest absolute Gasteiger partial charge is 0.308 e. The van der Waals surface area contributed by atoms with Gasteiger partial charge in [-0.1, -0.05) is 36.4 Å². The summed E-state index contributed by atoms with van der Waals surface area (Å²) < 4.78 is 28.3. The maximum absolute atomic E-state index is 14.3. The number of carbonyl (C=O) groups is 2. The van der Waals surface area contributed by atoms with Crippen molar-refractivity contribution in [1.82, 2.24) is 4.90 Å². The van der Waals surface area contributed by atoms with E-state index < -0.39 is 22.5 Å². The number of benzene rings is 3. The van der Waals surface area contributed by atoms with Crippen molar-refractivity contribution in [1.29, 1.82) is 0 Å². The van der Waals surface area contributed by atoms with Gasteiger partial charge in [0.05, 0.1) is 12.2 Å². The van der Waals surface area contributed by atoms with Gasteiger partial charge in [0.25, 0.3) is 5.91 Å². The zero-order valence-electron chi connectivity index (χ0n) is 17.8. The molecular weight excluding hydrogens is 444 g/mol. The molecule has 168 valence electrons. The van der Waals surface area contributed by atoms with E-state index in [1.54, 1.807) is 30.0 Å². The van der Waals surface area contributed by atoms with Crippen LogP contribution in [0.25, 0.3) is 0 Å². The Morgan fingerprint density at radius 1 is 1.09 bits per heavy atom. The maximum atomic E-state index is 14.3. The lowest BCUT2D eigenvalue weighted by atomic mass is 10.1. The van der Waals surface area contributed by atoms with Crippen molar-refractivity contribution in [2.24, 2.45) is 0 Å². The summed E-state index contributed by atoms with van der Waals surface area (Å²) in [6.07, 6.45) is 0. The van der Waals surface area contributed by atoms with Crippen molar-refractivity contribution in [3.63, 3.8) is 0 Å². The number of urea groups is 1. The number of thioether (sulfide) groups is 1. The van der Waals surface area contributed by atoms with Gasteiger partial charge in [-0.05, 0) is 48.4 Å². The third-order valence-electron chi connectivity index (χ3n) is 6.01. The fraction of sp³-hybridized carbons (Fsp3) is 0.200. The maximum Gasteiger partial charge on any atom is 0.323 e. The summed E-state index contributed by atoms with van der Waals surface area (Å²) in [4.78, 5) is 28.8. The zero-order chi connectivity index (χ0) is 23.2. The second-order valence-electron chi connectivity index (χ2n) is 8.08. The van der Waals surface area contributed by atoms with E-state index in [2.05, 4.69) is 5.32 Å². The highest BCUT2D eigenvalue weighted by atomic mass is 32.2. The molecule has 1 fully saturated rings. The number of aryl methyl sites for hydroxylation is 1. The molecule has 3 aromatic carbocycles. The Bertz CT molecular complexity index is 1250. The van der Waals surface area contributed by atoms with Crippen molar-refractivity contribution < 1.29 is 18.4 Å². The van der Waals surface area contributed by atoms with Crippen LogP contribution in [0.2, 0.25) is 0 Å². The molecule has 1 atom stereocenters. The summed E-state index contributed by atoms with van der Waals surface area (Å²) in [6.45, 7) is 2.24. The molecule has 3 aromatic rings. The number of carbonyl (C=O) groups excluding carboxylic acids is 2. The Labute approximate surface area is 194 Å². The first-order valence-electron chi connectivity index (χ1n) is 10.5. The van der Waals surface area contributed by atoms with Crippen LogP contribution in [0.1, 0.15) is 16.7 Å². The monoisotopic (exact) mass is 465 g/mol. The van der Waals surface area contributed by atoms with E-state index in [0.717, 1.165) is 5.56 Å². The van der Waals surface area contributed by atoms with Crippen LogP contribution in [0.15, 0.2) is 66.7 Å². The number of hydrogen-bond donors (Lipinski definition) is 1. The summed E-state index contributed by atoms with van der Waals surface area (Å²) in [5.41, 5.74) is 2.72. The summed E-state index contributed by atoms with van der Waals surface area (Å²) >= 11 is 1.31. The molecular formula is C25H21F2N3O2S. The molecule has 0 bridgehead atoms. The SMILES string of the molecule is Cc1ccc(NC(=O)N2CCSC23C(=O)N(Cc2ccccc2)c2ccc(F)cc23)cc1F. The summed E-state index contributed by atoms with van der Waals surface area (Å²) in [5, 5.41) is 2.70. The van der Waals surface area contributed by atoms with Crippen LogP contribution < -0.4 is 10.2 Å². The number of nitrogens with one attached hydrogen (secondary N) is 1. The van der Waals surface area contributed by atoms with Gasteiger partial charge in [0.15, 0.2) is 4.87 Å². The molecule has 1 saturated heterocycles. The molecule has 0 radical (unpaired) electrons. The predicted molar refractivity (Wildman–Crippen MR) is 125 cm³/mol. The van der Waals surface area contributed by atoms with Crippen LogP contribution in [0.4, 0.5) is 25.0 Å². The number of nitrogens with zero attached hydrogens (tertiary/aromatic N) is 2. The van der Waals surface area contributed by atoms with Crippen LogP contribution >= 0.6 is 11.8 Å². The Balaban J connectivity index is 1.52. The van der Waals surface area contributed by atoms with Gasteiger partial charge < -0.3 is 10.2 Å². The molecule has 1 unspecified atom stereocenters. The molecule has 1 N–H and O–H groups in total. The molecule has 0 saturated carbocycles. The molecule has 2 heterocycles. The van der Waals surface area contributed by atoms with Crippen molar-refractivity contribution in [3.8, 4) is 0 Å². The molecule has 0 aliphatic carbocycles. The Morgan fingerprint density at radius 2 is 1.88 bits per heavy atom.